The molecule has 0 spiro atoms. The third kappa shape index (κ3) is 5.75. The minimum absolute atomic E-state index is 0.194. The van der Waals surface area contributed by atoms with E-state index in [1.807, 2.05) is 0 Å². The van der Waals surface area contributed by atoms with Crippen LogP contribution >= 0.6 is 0 Å². The number of ether oxygens (including phenoxy) is 1. The maximum Gasteiger partial charge on any atom is 0.417 e. The molecule has 0 aromatic heterocycles. The minimum atomic E-state index is -4.57. The van der Waals surface area contributed by atoms with Gasteiger partial charge in [0.05, 0.1) is 18.2 Å². The van der Waals surface area contributed by atoms with Crippen LogP contribution in [0.5, 0.6) is 5.75 Å². The Morgan fingerprint density at radius 1 is 1.00 bits per heavy atom. The molecule has 2 aromatic carbocycles. The predicted molar refractivity (Wildman–Crippen MR) is 109 cm³/mol. The highest BCUT2D eigenvalue weighted by molar-refractivity contribution is 5.96. The molecule has 9 heteroatoms. The van der Waals surface area contributed by atoms with Gasteiger partial charge in [0, 0.05) is 44.8 Å². The fourth-order valence-electron chi connectivity index (χ4n) is 3.43. The van der Waals surface area contributed by atoms with Crippen LogP contribution in [0.15, 0.2) is 48.5 Å². The number of hydrogen-bond donors (Lipinski definition) is 1. The Morgan fingerprint density at radius 3 is 2.26 bits per heavy atom. The van der Waals surface area contributed by atoms with Gasteiger partial charge in [-0.15, -0.1) is 0 Å². The number of piperazine rings is 1. The van der Waals surface area contributed by atoms with Crippen molar-refractivity contribution in [2.45, 2.75) is 6.18 Å². The minimum Gasteiger partial charge on any atom is -0.497 e. The lowest BCUT2D eigenvalue weighted by atomic mass is 10.1. The maximum absolute atomic E-state index is 13.2. The second-order valence-electron chi connectivity index (χ2n) is 7.16. The predicted octanol–water partition coefficient (Wildman–Crippen LogP) is 2.90. The van der Waals surface area contributed by atoms with Crippen molar-refractivity contribution in [2.24, 2.45) is 0 Å². The Labute approximate surface area is 178 Å². The third-order valence-electron chi connectivity index (χ3n) is 5.19. The van der Waals surface area contributed by atoms with E-state index in [0.717, 1.165) is 6.07 Å². The van der Waals surface area contributed by atoms with Gasteiger partial charge in [0.1, 0.15) is 5.75 Å². The molecule has 1 fully saturated rings. The quantitative estimate of drug-likeness (QED) is 0.758. The van der Waals surface area contributed by atoms with Gasteiger partial charge in [0.25, 0.3) is 11.8 Å². The maximum atomic E-state index is 13.2. The summed E-state index contributed by atoms with van der Waals surface area (Å²) >= 11 is 0. The largest absolute Gasteiger partial charge is 0.497 e. The van der Waals surface area contributed by atoms with Crippen LogP contribution < -0.4 is 10.1 Å². The second-order valence-corrected chi connectivity index (χ2v) is 7.16. The number of hydrogen-bond acceptors (Lipinski definition) is 4. The van der Waals surface area contributed by atoms with Crippen molar-refractivity contribution < 1.29 is 27.5 Å². The number of nitrogens with one attached hydrogen (secondary N) is 1. The third-order valence-corrected chi connectivity index (χ3v) is 5.19. The van der Waals surface area contributed by atoms with E-state index in [1.165, 1.54) is 23.1 Å². The number of rotatable bonds is 6. The van der Waals surface area contributed by atoms with Gasteiger partial charge in [-0.05, 0) is 36.4 Å². The highest BCUT2D eigenvalue weighted by atomic mass is 19.4. The Balaban J connectivity index is 1.47. The Morgan fingerprint density at radius 2 is 1.65 bits per heavy atom. The lowest BCUT2D eigenvalue weighted by Gasteiger charge is -2.35. The number of carbonyl (C=O) groups excluding carboxylic acids is 2. The SMILES string of the molecule is COc1ccc(C(=O)NCCN2CCN(C(=O)c3ccccc3C(F)(F)F)CC2)cc1. The molecule has 1 aliphatic rings. The standard InChI is InChI=1S/C22H24F3N3O3/c1-31-17-8-6-16(7-9-17)20(29)26-10-11-27-12-14-28(15-13-27)21(30)18-4-2-3-5-19(18)22(23,24)25/h2-9H,10-15H2,1H3,(H,26,29). The van der Waals surface area contributed by atoms with E-state index < -0.39 is 17.6 Å². The summed E-state index contributed by atoms with van der Waals surface area (Å²) in [6.45, 7) is 2.73. The van der Waals surface area contributed by atoms with Crippen LogP contribution in [0.25, 0.3) is 0 Å². The van der Waals surface area contributed by atoms with Crippen molar-refractivity contribution in [1.29, 1.82) is 0 Å². The number of methoxy groups -OCH3 is 1. The molecule has 31 heavy (non-hydrogen) atoms. The van der Waals surface area contributed by atoms with Crippen LogP contribution in [0.3, 0.4) is 0 Å². The second kappa shape index (κ2) is 9.82. The average Bonchev–Trinajstić information content (AvgIpc) is 2.78. The molecule has 0 bridgehead atoms. The van der Waals surface area contributed by atoms with Gasteiger partial charge in [-0.25, -0.2) is 0 Å². The zero-order valence-corrected chi connectivity index (χ0v) is 17.1. The molecule has 0 unspecified atom stereocenters. The van der Waals surface area contributed by atoms with E-state index in [-0.39, 0.29) is 11.5 Å². The molecule has 166 valence electrons. The number of halogens is 3. The van der Waals surface area contributed by atoms with Crippen LogP contribution in [0.4, 0.5) is 13.2 Å². The van der Waals surface area contributed by atoms with Crippen molar-refractivity contribution >= 4 is 11.8 Å². The van der Waals surface area contributed by atoms with Gasteiger partial charge in [-0.2, -0.15) is 13.2 Å². The molecule has 1 aliphatic heterocycles. The number of alkyl halides is 3. The highest BCUT2D eigenvalue weighted by Gasteiger charge is 2.36. The molecule has 0 saturated carbocycles. The first-order valence-electron chi connectivity index (χ1n) is 9.89. The van der Waals surface area contributed by atoms with Crippen molar-refractivity contribution in [3.05, 3.63) is 65.2 Å². The van der Waals surface area contributed by atoms with E-state index in [2.05, 4.69) is 10.2 Å². The van der Waals surface area contributed by atoms with E-state index >= 15 is 0 Å². The van der Waals surface area contributed by atoms with Crippen LogP contribution in [0, 0.1) is 0 Å². The lowest BCUT2D eigenvalue weighted by Crippen LogP contribution is -2.50. The molecule has 2 aromatic rings. The number of nitrogens with zero attached hydrogens (tertiary/aromatic N) is 2. The van der Waals surface area contributed by atoms with Crippen LogP contribution in [-0.2, 0) is 6.18 Å². The highest BCUT2D eigenvalue weighted by Crippen LogP contribution is 2.32. The van der Waals surface area contributed by atoms with E-state index in [0.29, 0.717) is 50.6 Å². The van der Waals surface area contributed by atoms with Crippen LogP contribution in [0.1, 0.15) is 26.3 Å². The summed E-state index contributed by atoms with van der Waals surface area (Å²) in [5.74, 6) is -0.137. The number of amides is 2. The molecule has 0 aliphatic carbocycles. The van der Waals surface area contributed by atoms with Gasteiger partial charge in [0.2, 0.25) is 0 Å². The molecule has 3 rings (SSSR count). The monoisotopic (exact) mass is 435 g/mol. The van der Waals surface area contributed by atoms with E-state index in [9.17, 15) is 22.8 Å². The summed E-state index contributed by atoms with van der Waals surface area (Å²) in [4.78, 5) is 28.3. The zero-order chi connectivity index (χ0) is 22.4. The summed E-state index contributed by atoms with van der Waals surface area (Å²) in [5, 5.41) is 2.84. The first kappa shape index (κ1) is 22.6. The molecular weight excluding hydrogens is 411 g/mol. The van der Waals surface area contributed by atoms with Crippen LogP contribution in [0.2, 0.25) is 0 Å². The van der Waals surface area contributed by atoms with Gasteiger partial charge in [-0.3, -0.25) is 14.5 Å². The molecule has 0 radical (unpaired) electrons. The number of carbonyl (C=O) groups is 2. The number of benzene rings is 2. The molecule has 1 N–H and O–H groups in total. The summed E-state index contributed by atoms with van der Waals surface area (Å²) in [7, 11) is 1.55. The zero-order valence-electron chi connectivity index (χ0n) is 17.1. The molecule has 0 atom stereocenters. The fourth-order valence-corrected chi connectivity index (χ4v) is 3.43. The molecule has 1 heterocycles. The van der Waals surface area contributed by atoms with Crippen molar-refractivity contribution in [3.63, 3.8) is 0 Å². The summed E-state index contributed by atoms with van der Waals surface area (Å²) < 4.78 is 44.6. The molecule has 6 nitrogen and oxygen atoms in total. The first-order valence-corrected chi connectivity index (χ1v) is 9.89. The van der Waals surface area contributed by atoms with Gasteiger partial charge >= 0.3 is 6.18 Å². The average molecular weight is 435 g/mol. The van der Waals surface area contributed by atoms with E-state index in [4.69, 9.17) is 4.74 Å². The van der Waals surface area contributed by atoms with Crippen molar-refractivity contribution in [3.8, 4) is 5.75 Å². The topological polar surface area (TPSA) is 61.9 Å². The normalized spacial score (nSPS) is 14.9. The van der Waals surface area contributed by atoms with Gasteiger partial charge in [-0.1, -0.05) is 12.1 Å². The van der Waals surface area contributed by atoms with E-state index in [1.54, 1.807) is 31.4 Å². The summed E-state index contributed by atoms with van der Waals surface area (Å²) in [6.07, 6.45) is -4.57. The van der Waals surface area contributed by atoms with Crippen LogP contribution in [-0.4, -0.2) is 68.0 Å². The van der Waals surface area contributed by atoms with Crippen molar-refractivity contribution in [2.75, 3.05) is 46.4 Å². The molecule has 1 saturated heterocycles. The lowest BCUT2D eigenvalue weighted by molar-refractivity contribution is -0.138. The molecule has 2 amide bonds. The summed E-state index contributed by atoms with van der Waals surface area (Å²) in [5.41, 5.74) is -0.710. The van der Waals surface area contributed by atoms with Crippen molar-refractivity contribution in [1.82, 2.24) is 15.1 Å². The van der Waals surface area contributed by atoms with Gasteiger partial charge in [0.15, 0.2) is 0 Å². The van der Waals surface area contributed by atoms with Gasteiger partial charge < -0.3 is 15.0 Å². The summed E-state index contributed by atoms with van der Waals surface area (Å²) in [6, 6.07) is 11.6. The molecular formula is C22H24F3N3O3. The Kier molecular flexibility index (Phi) is 7.17. The first-order chi connectivity index (χ1) is 14.8. The Hall–Kier alpha value is -3.07. The smallest absolute Gasteiger partial charge is 0.417 e. The Bertz CT molecular complexity index is 908. The fraction of sp³-hybridized carbons (Fsp3) is 0.364.